The summed E-state index contributed by atoms with van der Waals surface area (Å²) in [6.45, 7) is 4.11. The number of nitrogens with zero attached hydrogens (tertiary/aromatic N) is 5. The quantitative estimate of drug-likeness (QED) is 0.742. The fourth-order valence-electron chi connectivity index (χ4n) is 3.34. The molecule has 7 heteroatoms. The summed E-state index contributed by atoms with van der Waals surface area (Å²) in [5.41, 5.74) is 9.30. The summed E-state index contributed by atoms with van der Waals surface area (Å²) in [6, 6.07) is 8.67. The minimum atomic E-state index is 0.448. The Bertz CT molecular complexity index is 880. The van der Waals surface area contributed by atoms with Gasteiger partial charge in [-0.1, -0.05) is 24.3 Å². The van der Waals surface area contributed by atoms with E-state index in [9.17, 15) is 0 Å². The number of likely N-dealkylation sites (tertiary alicyclic amines) is 1. The molecule has 0 spiro atoms. The number of nitrogens with one attached hydrogen (secondary N) is 1. The Morgan fingerprint density at radius 1 is 1.16 bits per heavy atom. The van der Waals surface area contributed by atoms with Gasteiger partial charge in [0.2, 0.25) is 5.95 Å². The number of benzene rings is 1. The van der Waals surface area contributed by atoms with Crippen molar-refractivity contribution in [2.24, 2.45) is 7.05 Å². The average molecular weight is 337 g/mol. The van der Waals surface area contributed by atoms with Crippen LogP contribution in [0.4, 0.5) is 11.8 Å². The zero-order chi connectivity index (χ0) is 17.2. The van der Waals surface area contributed by atoms with Crippen LogP contribution < -0.4 is 11.1 Å². The maximum atomic E-state index is 6.00. The maximum Gasteiger partial charge on any atom is 0.226 e. The lowest BCUT2D eigenvalue weighted by atomic mass is 10.1. The smallest absolute Gasteiger partial charge is 0.226 e. The predicted octanol–water partition coefficient (Wildman–Crippen LogP) is 2.15. The van der Waals surface area contributed by atoms with Gasteiger partial charge in [0.1, 0.15) is 5.82 Å². The molecular weight excluding hydrogens is 314 g/mol. The number of rotatable bonds is 5. The molecule has 4 rings (SSSR count). The molecule has 130 valence electrons. The molecule has 1 fully saturated rings. The summed E-state index contributed by atoms with van der Waals surface area (Å²) in [5.74, 6) is 0.974. The van der Waals surface area contributed by atoms with Crippen molar-refractivity contribution in [2.75, 3.05) is 24.1 Å². The molecule has 1 saturated heterocycles. The van der Waals surface area contributed by atoms with Crippen molar-refractivity contribution in [3.63, 3.8) is 0 Å². The topological polar surface area (TPSA) is 84.9 Å². The van der Waals surface area contributed by atoms with E-state index in [0.29, 0.717) is 18.3 Å². The second-order valence-electron chi connectivity index (χ2n) is 6.59. The molecule has 3 N–H and O–H groups in total. The Morgan fingerprint density at radius 3 is 2.80 bits per heavy atom. The van der Waals surface area contributed by atoms with E-state index in [4.69, 9.17) is 5.73 Å². The van der Waals surface area contributed by atoms with Gasteiger partial charge >= 0.3 is 0 Å². The fourth-order valence-corrected chi connectivity index (χ4v) is 3.34. The molecule has 1 aliphatic heterocycles. The first-order chi connectivity index (χ1) is 12.2. The number of aryl methyl sites for hydroxylation is 1. The van der Waals surface area contributed by atoms with E-state index >= 15 is 0 Å². The number of nitrogen functional groups attached to an aromatic ring is 1. The zero-order valence-electron chi connectivity index (χ0n) is 14.4. The highest BCUT2D eigenvalue weighted by atomic mass is 15.3. The molecule has 0 bridgehead atoms. The molecule has 1 aliphatic rings. The van der Waals surface area contributed by atoms with Gasteiger partial charge in [0, 0.05) is 20.1 Å². The fraction of sp³-hybridized carbons (Fsp3) is 0.389. The Balaban J connectivity index is 1.46. The van der Waals surface area contributed by atoms with Crippen LogP contribution in [0.1, 0.15) is 24.0 Å². The van der Waals surface area contributed by atoms with Gasteiger partial charge in [-0.15, -0.1) is 0 Å². The van der Waals surface area contributed by atoms with E-state index in [-0.39, 0.29) is 0 Å². The summed E-state index contributed by atoms with van der Waals surface area (Å²) in [5, 5.41) is 8.23. The second kappa shape index (κ2) is 6.68. The summed E-state index contributed by atoms with van der Waals surface area (Å²) < 4.78 is 1.70. The van der Waals surface area contributed by atoms with Crippen molar-refractivity contribution in [1.82, 2.24) is 24.6 Å². The van der Waals surface area contributed by atoms with Crippen molar-refractivity contribution in [2.45, 2.75) is 25.9 Å². The number of anilines is 2. The third-order valence-electron chi connectivity index (χ3n) is 4.67. The van der Waals surface area contributed by atoms with Gasteiger partial charge in [0.15, 0.2) is 5.65 Å². The van der Waals surface area contributed by atoms with Gasteiger partial charge in [-0.05, 0) is 37.1 Å². The van der Waals surface area contributed by atoms with Crippen LogP contribution in [0.2, 0.25) is 0 Å². The number of hydrogen-bond acceptors (Lipinski definition) is 6. The third-order valence-corrected chi connectivity index (χ3v) is 4.67. The van der Waals surface area contributed by atoms with E-state index in [2.05, 4.69) is 49.5 Å². The van der Waals surface area contributed by atoms with E-state index < -0.39 is 0 Å². The van der Waals surface area contributed by atoms with Gasteiger partial charge in [-0.3, -0.25) is 9.58 Å². The third kappa shape index (κ3) is 3.41. The van der Waals surface area contributed by atoms with Crippen LogP contribution >= 0.6 is 0 Å². The molecule has 3 heterocycles. The standard InChI is InChI=1S/C18H23N7/c1-24-17-15(11-21-24)16(19)22-18(23-17)20-10-13-5-4-6-14(9-13)12-25-7-2-3-8-25/h4-6,9,11H,2-3,7-8,10,12H2,1H3,(H3,19,20,22,23). The molecule has 1 aromatic carbocycles. The normalized spacial score (nSPS) is 15.1. The van der Waals surface area contributed by atoms with Crippen LogP contribution in [-0.4, -0.2) is 37.7 Å². The summed E-state index contributed by atoms with van der Waals surface area (Å²) in [6.07, 6.45) is 4.32. The Labute approximate surface area is 146 Å². The molecule has 0 atom stereocenters. The van der Waals surface area contributed by atoms with Crippen LogP contribution in [0.15, 0.2) is 30.5 Å². The minimum absolute atomic E-state index is 0.448. The average Bonchev–Trinajstić information content (AvgIpc) is 3.24. The molecule has 2 aromatic heterocycles. The molecule has 0 aliphatic carbocycles. The number of aromatic nitrogens is 4. The molecule has 0 amide bonds. The Morgan fingerprint density at radius 2 is 1.96 bits per heavy atom. The molecule has 25 heavy (non-hydrogen) atoms. The van der Waals surface area contributed by atoms with Crippen molar-refractivity contribution in [3.8, 4) is 0 Å². The van der Waals surface area contributed by atoms with Gasteiger partial charge < -0.3 is 11.1 Å². The number of fused-ring (bicyclic) bond motifs is 1. The first-order valence-electron chi connectivity index (χ1n) is 8.68. The van der Waals surface area contributed by atoms with Crippen LogP contribution in [0.3, 0.4) is 0 Å². The lowest BCUT2D eigenvalue weighted by Crippen LogP contribution is -2.18. The summed E-state index contributed by atoms with van der Waals surface area (Å²) in [7, 11) is 1.85. The van der Waals surface area contributed by atoms with E-state index in [1.165, 1.54) is 37.1 Å². The lowest BCUT2D eigenvalue weighted by molar-refractivity contribution is 0.331. The molecule has 7 nitrogen and oxygen atoms in total. The first kappa shape index (κ1) is 15.8. The first-order valence-corrected chi connectivity index (χ1v) is 8.68. The summed E-state index contributed by atoms with van der Waals surface area (Å²) in [4.78, 5) is 11.3. The maximum absolute atomic E-state index is 6.00. The van der Waals surface area contributed by atoms with Gasteiger partial charge in [0.25, 0.3) is 0 Å². The zero-order valence-corrected chi connectivity index (χ0v) is 14.4. The second-order valence-corrected chi connectivity index (χ2v) is 6.59. The monoisotopic (exact) mass is 337 g/mol. The van der Waals surface area contributed by atoms with Crippen LogP contribution in [0.5, 0.6) is 0 Å². The highest BCUT2D eigenvalue weighted by molar-refractivity contribution is 5.86. The summed E-state index contributed by atoms with van der Waals surface area (Å²) >= 11 is 0. The highest BCUT2D eigenvalue weighted by Crippen LogP contribution is 2.19. The van der Waals surface area contributed by atoms with Crippen molar-refractivity contribution in [1.29, 1.82) is 0 Å². The van der Waals surface area contributed by atoms with Crippen LogP contribution in [0, 0.1) is 0 Å². The predicted molar refractivity (Wildman–Crippen MR) is 99.0 cm³/mol. The van der Waals surface area contributed by atoms with Crippen molar-refractivity contribution < 1.29 is 0 Å². The molecular formula is C18H23N7. The van der Waals surface area contributed by atoms with E-state index in [0.717, 1.165) is 17.6 Å². The SMILES string of the molecule is Cn1ncc2c(N)nc(NCc3cccc(CN4CCCC4)c3)nc21. The molecule has 3 aromatic rings. The van der Waals surface area contributed by atoms with E-state index in [1.54, 1.807) is 10.9 Å². The van der Waals surface area contributed by atoms with Gasteiger partial charge in [-0.25, -0.2) is 0 Å². The Kier molecular flexibility index (Phi) is 4.23. The largest absolute Gasteiger partial charge is 0.383 e. The van der Waals surface area contributed by atoms with Gasteiger partial charge in [0.05, 0.1) is 11.6 Å². The highest BCUT2D eigenvalue weighted by Gasteiger charge is 2.12. The molecule has 0 unspecified atom stereocenters. The lowest BCUT2D eigenvalue weighted by Gasteiger charge is -2.15. The molecule has 0 radical (unpaired) electrons. The minimum Gasteiger partial charge on any atom is -0.383 e. The van der Waals surface area contributed by atoms with Crippen molar-refractivity contribution >= 4 is 22.8 Å². The number of nitrogens with two attached hydrogens (primary N) is 1. The number of hydrogen-bond donors (Lipinski definition) is 2. The van der Waals surface area contributed by atoms with Gasteiger partial charge in [-0.2, -0.15) is 15.1 Å². The van der Waals surface area contributed by atoms with E-state index in [1.807, 2.05) is 7.05 Å². The van der Waals surface area contributed by atoms with Crippen molar-refractivity contribution in [3.05, 3.63) is 41.6 Å². The molecule has 0 saturated carbocycles. The van der Waals surface area contributed by atoms with Crippen LogP contribution in [-0.2, 0) is 20.1 Å². The van der Waals surface area contributed by atoms with Crippen LogP contribution in [0.25, 0.3) is 11.0 Å². The Hall–Kier alpha value is -2.67.